The second-order valence-corrected chi connectivity index (χ2v) is 8.77. The maximum atomic E-state index is 12.8. The van der Waals surface area contributed by atoms with Gasteiger partial charge in [0.1, 0.15) is 5.75 Å². The molecule has 2 aromatic rings. The number of halogens is 3. The van der Waals surface area contributed by atoms with Crippen LogP contribution in [0.5, 0.6) is 5.75 Å². The van der Waals surface area contributed by atoms with Crippen molar-refractivity contribution in [3.05, 3.63) is 41.5 Å². The van der Waals surface area contributed by atoms with Crippen molar-refractivity contribution in [3.63, 3.8) is 0 Å². The van der Waals surface area contributed by atoms with Gasteiger partial charge < -0.3 is 14.2 Å². The van der Waals surface area contributed by atoms with E-state index in [1.165, 1.54) is 18.2 Å². The second kappa shape index (κ2) is 8.56. The summed E-state index contributed by atoms with van der Waals surface area (Å²) in [6.45, 7) is 2.26. The number of hydrogen-bond acceptors (Lipinski definition) is 8. The monoisotopic (exact) mass is 489 g/mol. The highest BCUT2D eigenvalue weighted by Gasteiger charge is 2.51. The molecule has 9 nitrogen and oxygen atoms in total. The van der Waals surface area contributed by atoms with Crippen molar-refractivity contribution in [2.45, 2.75) is 44.3 Å². The van der Waals surface area contributed by atoms with Crippen LogP contribution in [0.3, 0.4) is 0 Å². The molecule has 13 heteroatoms. The summed E-state index contributed by atoms with van der Waals surface area (Å²) in [5.74, 6) is -2.58. The molecule has 1 saturated heterocycles. The predicted octanol–water partition coefficient (Wildman–Crippen LogP) is 3.49. The quantitative estimate of drug-likeness (QED) is 0.448. The molecule has 0 bridgehead atoms. The molecule has 0 aliphatic carbocycles. The number of alkyl halides is 3. The minimum atomic E-state index is -6.26. The fourth-order valence-corrected chi connectivity index (χ4v) is 4.05. The highest BCUT2D eigenvalue weighted by atomic mass is 32.2. The van der Waals surface area contributed by atoms with Crippen molar-refractivity contribution in [1.29, 1.82) is 0 Å². The Bertz CT molecular complexity index is 1210. The second-order valence-electron chi connectivity index (χ2n) is 7.25. The molecule has 2 amide bonds. The van der Waals surface area contributed by atoms with E-state index in [0.29, 0.717) is 24.8 Å². The highest BCUT2D eigenvalue weighted by Crippen LogP contribution is 2.36. The van der Waals surface area contributed by atoms with Crippen molar-refractivity contribution in [2.75, 3.05) is 6.61 Å². The topological polar surface area (TPSA) is 108 Å². The molecule has 4 rings (SSSR count). The molecule has 2 unspecified atom stereocenters. The molecule has 2 heterocycles. The van der Waals surface area contributed by atoms with Crippen molar-refractivity contribution >= 4 is 32.7 Å². The number of hydrogen-bond donors (Lipinski definition) is 0. The highest BCUT2D eigenvalue weighted by molar-refractivity contribution is 7.87. The van der Waals surface area contributed by atoms with E-state index in [0.717, 1.165) is 6.42 Å². The van der Waals surface area contributed by atoms with Crippen LogP contribution in [0.4, 0.5) is 13.2 Å². The van der Waals surface area contributed by atoms with Crippen LogP contribution in [-0.2, 0) is 23.9 Å². The van der Waals surface area contributed by atoms with Crippen LogP contribution in [0.15, 0.2) is 30.3 Å². The molecular weight excluding hydrogens is 471 g/mol. The van der Waals surface area contributed by atoms with Crippen molar-refractivity contribution in [3.8, 4) is 5.75 Å². The zero-order valence-corrected chi connectivity index (χ0v) is 17.9. The van der Waals surface area contributed by atoms with Crippen molar-refractivity contribution < 1.29 is 49.7 Å². The number of carbonyl (C=O) groups is 2. The number of imide groups is 1. The van der Waals surface area contributed by atoms with Crippen LogP contribution in [0.1, 0.15) is 46.9 Å². The number of hydroxylamine groups is 2. The van der Waals surface area contributed by atoms with Crippen LogP contribution < -0.4 is 4.74 Å². The minimum Gasteiger partial charge on any atom is -0.465 e. The Morgan fingerprint density at radius 1 is 1.09 bits per heavy atom. The first-order valence-electron chi connectivity index (χ1n) is 9.92. The van der Waals surface area contributed by atoms with Gasteiger partial charge in [0.05, 0.1) is 11.1 Å². The predicted molar refractivity (Wildman–Crippen MR) is 105 cm³/mol. The summed E-state index contributed by atoms with van der Waals surface area (Å²) in [6.07, 6.45) is 0.796. The summed E-state index contributed by atoms with van der Waals surface area (Å²) in [7, 11) is -6.26. The summed E-state index contributed by atoms with van der Waals surface area (Å²) in [5.41, 5.74) is -6.29. The maximum Gasteiger partial charge on any atom is 0.525 e. The third-order valence-corrected chi connectivity index (χ3v) is 5.95. The van der Waals surface area contributed by atoms with E-state index in [4.69, 9.17) is 14.2 Å². The molecular formula is C20H18F3NO8S. The standard InChI is InChI=1S/C20H18F3NO8S/c1-2-29-15-7-4-8-16(31-15)30-12-9-11-5-3-6-13-17(11)14(10-12)19(26)24(18(13)25)32-33(27,28)20(21,22)23/h3,5-6,9-10,15-16H,2,4,7-8H2,1H3. The van der Waals surface area contributed by atoms with Crippen LogP contribution in [0, 0.1) is 0 Å². The van der Waals surface area contributed by atoms with E-state index in [-0.39, 0.29) is 22.3 Å². The summed E-state index contributed by atoms with van der Waals surface area (Å²) in [5, 5.41) is 0.115. The Kier molecular flexibility index (Phi) is 6.07. The van der Waals surface area contributed by atoms with Crippen molar-refractivity contribution in [2.24, 2.45) is 0 Å². The van der Waals surface area contributed by atoms with Gasteiger partial charge in [0, 0.05) is 18.4 Å². The van der Waals surface area contributed by atoms with Gasteiger partial charge in [-0.05, 0) is 43.4 Å². The lowest BCUT2D eigenvalue weighted by Crippen LogP contribution is -2.44. The average Bonchev–Trinajstić information content (AvgIpc) is 2.74. The summed E-state index contributed by atoms with van der Waals surface area (Å²) >= 11 is 0. The molecule has 0 aromatic heterocycles. The first kappa shape index (κ1) is 23.4. The average molecular weight is 489 g/mol. The number of benzene rings is 2. The number of amides is 2. The smallest absolute Gasteiger partial charge is 0.465 e. The summed E-state index contributed by atoms with van der Waals surface area (Å²) in [6, 6.07) is 6.99. The summed E-state index contributed by atoms with van der Waals surface area (Å²) < 4.78 is 82.0. The first-order valence-corrected chi connectivity index (χ1v) is 11.3. The fraction of sp³-hybridized carbons (Fsp3) is 0.400. The fourth-order valence-electron chi connectivity index (χ4n) is 3.64. The molecule has 2 aliphatic heterocycles. The third kappa shape index (κ3) is 4.40. The molecule has 1 fully saturated rings. The van der Waals surface area contributed by atoms with Crippen molar-refractivity contribution in [1.82, 2.24) is 5.06 Å². The Balaban J connectivity index is 1.69. The van der Waals surface area contributed by atoms with E-state index in [9.17, 15) is 31.2 Å². The molecule has 0 saturated carbocycles. The molecule has 0 radical (unpaired) electrons. The van der Waals surface area contributed by atoms with Crippen LogP contribution in [-0.4, -0.2) is 50.0 Å². The lowest BCUT2D eigenvalue weighted by atomic mass is 9.94. The van der Waals surface area contributed by atoms with Gasteiger partial charge in [-0.25, -0.2) is 0 Å². The van der Waals surface area contributed by atoms with Crippen LogP contribution in [0.2, 0.25) is 0 Å². The SMILES string of the molecule is CCOC1CCCC(Oc2cc3c4c(cccc4c2)C(=O)N(OS(=O)(=O)C(F)(F)F)C3=O)O1. The molecule has 2 aromatic carbocycles. The van der Waals surface area contributed by atoms with E-state index < -0.39 is 45.1 Å². The first-order chi connectivity index (χ1) is 15.5. The van der Waals surface area contributed by atoms with Gasteiger partial charge in [0.2, 0.25) is 6.29 Å². The lowest BCUT2D eigenvalue weighted by Gasteiger charge is -2.30. The maximum absolute atomic E-state index is 12.8. The van der Waals surface area contributed by atoms with Gasteiger partial charge >= 0.3 is 15.6 Å². The van der Waals surface area contributed by atoms with Gasteiger partial charge in [0.15, 0.2) is 6.29 Å². The normalized spacial score (nSPS) is 21.5. The van der Waals surface area contributed by atoms with Gasteiger partial charge in [-0.2, -0.15) is 21.6 Å². The number of carbonyl (C=O) groups excluding carboxylic acids is 2. The zero-order valence-electron chi connectivity index (χ0n) is 17.1. The van der Waals surface area contributed by atoms with E-state index in [2.05, 4.69) is 4.28 Å². The molecule has 2 aliphatic rings. The molecule has 2 atom stereocenters. The van der Waals surface area contributed by atoms with E-state index >= 15 is 0 Å². The molecule has 33 heavy (non-hydrogen) atoms. The molecule has 178 valence electrons. The van der Waals surface area contributed by atoms with Gasteiger partial charge in [-0.1, -0.05) is 12.1 Å². The Hall–Kier alpha value is -2.74. The largest absolute Gasteiger partial charge is 0.525 e. The van der Waals surface area contributed by atoms with E-state index in [1.54, 1.807) is 12.1 Å². The van der Waals surface area contributed by atoms with Crippen LogP contribution in [0.25, 0.3) is 10.8 Å². The van der Waals surface area contributed by atoms with Gasteiger partial charge in [0.25, 0.3) is 11.8 Å². The van der Waals surface area contributed by atoms with Crippen LogP contribution >= 0.6 is 0 Å². The molecule has 0 spiro atoms. The Labute approximate surface area is 186 Å². The summed E-state index contributed by atoms with van der Waals surface area (Å²) in [4.78, 5) is 25.4. The minimum absolute atomic E-state index is 0.137. The molecule has 0 N–H and O–H groups in total. The van der Waals surface area contributed by atoms with E-state index in [1.807, 2.05) is 6.92 Å². The lowest BCUT2D eigenvalue weighted by molar-refractivity contribution is -0.240. The van der Waals surface area contributed by atoms with Gasteiger partial charge in [-0.3, -0.25) is 9.59 Å². The number of nitrogens with zero attached hydrogens (tertiary/aromatic N) is 1. The Morgan fingerprint density at radius 3 is 2.48 bits per heavy atom. The zero-order chi connectivity index (χ0) is 24.0. The number of ether oxygens (including phenoxy) is 3. The number of rotatable bonds is 6. The third-order valence-electron chi connectivity index (χ3n) is 5.04. The Morgan fingerprint density at radius 2 is 1.79 bits per heavy atom. The van der Waals surface area contributed by atoms with Gasteiger partial charge in [-0.15, -0.1) is 9.35 Å².